The van der Waals surface area contributed by atoms with Crippen LogP contribution in [0.25, 0.3) is 0 Å². The second-order valence-electron chi connectivity index (χ2n) is 5.81. The number of hydrogen-bond donors (Lipinski definition) is 4. The summed E-state index contributed by atoms with van der Waals surface area (Å²) in [5.41, 5.74) is 1.55. The second kappa shape index (κ2) is 8.47. The van der Waals surface area contributed by atoms with Gasteiger partial charge in [0, 0.05) is 13.1 Å². The van der Waals surface area contributed by atoms with E-state index in [-0.39, 0.29) is 29.1 Å². The molecule has 24 heavy (non-hydrogen) atoms. The lowest BCUT2D eigenvalue weighted by atomic mass is 9.83. The van der Waals surface area contributed by atoms with E-state index in [0.29, 0.717) is 13.1 Å². The third kappa shape index (κ3) is 4.34. The van der Waals surface area contributed by atoms with Gasteiger partial charge in [-0.1, -0.05) is 24.3 Å². The minimum Gasteiger partial charge on any atom is -0.508 e. The Hall–Kier alpha value is -2.37. The zero-order valence-corrected chi connectivity index (χ0v) is 14.0. The third-order valence-corrected chi connectivity index (χ3v) is 4.05. The number of Topliss-reactive ketones (excluding diaryl/α,β-unsaturated/α-hetero) is 1. The van der Waals surface area contributed by atoms with E-state index in [4.69, 9.17) is 0 Å². The molecule has 0 saturated heterocycles. The number of carbonyl (C=O) groups is 1. The van der Waals surface area contributed by atoms with E-state index in [1.54, 1.807) is 50.5 Å². The monoisotopic (exact) mass is 328 g/mol. The van der Waals surface area contributed by atoms with Crippen molar-refractivity contribution in [3.8, 4) is 11.5 Å². The van der Waals surface area contributed by atoms with Crippen LogP contribution in [0.1, 0.15) is 23.0 Å². The average molecular weight is 328 g/mol. The molecule has 2 atom stereocenters. The van der Waals surface area contributed by atoms with Gasteiger partial charge in [-0.05, 0) is 49.5 Å². The maximum Gasteiger partial charge on any atom is 0.150 e. The molecule has 0 saturated carbocycles. The summed E-state index contributed by atoms with van der Waals surface area (Å²) < 4.78 is 0. The van der Waals surface area contributed by atoms with E-state index >= 15 is 0 Å². The zero-order valence-electron chi connectivity index (χ0n) is 14.0. The van der Waals surface area contributed by atoms with Crippen LogP contribution in [0.15, 0.2) is 48.5 Å². The summed E-state index contributed by atoms with van der Waals surface area (Å²) in [5.74, 6) is -0.451. The van der Waals surface area contributed by atoms with Crippen LogP contribution in [0.2, 0.25) is 0 Å². The summed E-state index contributed by atoms with van der Waals surface area (Å²) in [6, 6.07) is 13.6. The largest absolute Gasteiger partial charge is 0.508 e. The molecular formula is C19H24N2O3. The highest BCUT2D eigenvalue weighted by Gasteiger charge is 2.29. The van der Waals surface area contributed by atoms with Crippen molar-refractivity contribution in [2.45, 2.75) is 11.8 Å². The Morgan fingerprint density at radius 2 is 1.29 bits per heavy atom. The fourth-order valence-electron chi connectivity index (χ4n) is 2.90. The molecular weight excluding hydrogens is 304 g/mol. The standard InChI is InChI=1S/C19H24N2O3/c1-20-11-17(13-5-3-7-15(22)9-13)19(24)18(12-21-2)14-6-4-8-16(23)10-14/h3-10,17-18,20-23H,11-12H2,1-2H3. The second-order valence-corrected chi connectivity index (χ2v) is 5.81. The summed E-state index contributed by atoms with van der Waals surface area (Å²) in [6.07, 6.45) is 0. The Morgan fingerprint density at radius 3 is 1.62 bits per heavy atom. The maximum atomic E-state index is 13.2. The van der Waals surface area contributed by atoms with E-state index in [1.807, 2.05) is 12.1 Å². The Bertz CT molecular complexity index is 630. The highest BCUT2D eigenvalue weighted by molar-refractivity contribution is 5.92. The molecule has 2 aromatic carbocycles. The molecule has 2 aromatic rings. The van der Waals surface area contributed by atoms with Crippen LogP contribution < -0.4 is 10.6 Å². The Morgan fingerprint density at radius 1 is 0.875 bits per heavy atom. The van der Waals surface area contributed by atoms with Crippen LogP contribution >= 0.6 is 0 Å². The quantitative estimate of drug-likeness (QED) is 0.596. The lowest BCUT2D eigenvalue weighted by Gasteiger charge is -2.23. The molecule has 0 amide bonds. The van der Waals surface area contributed by atoms with E-state index in [1.165, 1.54) is 0 Å². The fourth-order valence-corrected chi connectivity index (χ4v) is 2.90. The first kappa shape index (κ1) is 18.0. The minimum absolute atomic E-state index is 0.0369. The molecule has 5 nitrogen and oxygen atoms in total. The number of likely N-dealkylation sites (N-methyl/N-ethyl adjacent to an activating group) is 2. The van der Waals surface area contributed by atoms with Crippen molar-refractivity contribution in [1.82, 2.24) is 10.6 Å². The van der Waals surface area contributed by atoms with Crippen LogP contribution in [0.5, 0.6) is 11.5 Å². The highest BCUT2D eigenvalue weighted by atomic mass is 16.3. The molecule has 128 valence electrons. The summed E-state index contributed by atoms with van der Waals surface area (Å²) in [6.45, 7) is 0.947. The number of carbonyl (C=O) groups excluding carboxylic acids is 1. The first-order chi connectivity index (χ1) is 11.6. The molecule has 0 spiro atoms. The number of benzene rings is 2. The first-order valence-electron chi connectivity index (χ1n) is 7.97. The molecule has 0 aliphatic heterocycles. The molecule has 0 aliphatic rings. The molecule has 2 rings (SSSR count). The van der Waals surface area contributed by atoms with Crippen LogP contribution in [0, 0.1) is 0 Å². The van der Waals surface area contributed by atoms with E-state index in [0.717, 1.165) is 11.1 Å². The van der Waals surface area contributed by atoms with Gasteiger partial charge in [-0.15, -0.1) is 0 Å². The molecule has 4 N–H and O–H groups in total. The van der Waals surface area contributed by atoms with Gasteiger partial charge < -0.3 is 20.8 Å². The number of hydrogen-bond acceptors (Lipinski definition) is 5. The van der Waals surface area contributed by atoms with Gasteiger partial charge in [-0.25, -0.2) is 0 Å². The maximum absolute atomic E-state index is 13.2. The highest BCUT2D eigenvalue weighted by Crippen LogP contribution is 2.29. The zero-order chi connectivity index (χ0) is 17.5. The number of nitrogens with one attached hydrogen (secondary N) is 2. The van der Waals surface area contributed by atoms with Crippen LogP contribution in [-0.2, 0) is 4.79 Å². The van der Waals surface area contributed by atoms with Gasteiger partial charge in [0.2, 0.25) is 0 Å². The van der Waals surface area contributed by atoms with Gasteiger partial charge >= 0.3 is 0 Å². The van der Waals surface area contributed by atoms with E-state index in [9.17, 15) is 15.0 Å². The lowest BCUT2D eigenvalue weighted by Crippen LogP contribution is -2.32. The van der Waals surface area contributed by atoms with Gasteiger partial charge in [0.1, 0.15) is 17.3 Å². The van der Waals surface area contributed by atoms with Gasteiger partial charge in [0.25, 0.3) is 0 Å². The van der Waals surface area contributed by atoms with E-state index in [2.05, 4.69) is 10.6 Å². The number of phenols is 2. The average Bonchev–Trinajstić information content (AvgIpc) is 2.57. The van der Waals surface area contributed by atoms with Crippen molar-refractivity contribution in [3.63, 3.8) is 0 Å². The summed E-state index contributed by atoms with van der Waals surface area (Å²) in [4.78, 5) is 13.2. The lowest BCUT2D eigenvalue weighted by molar-refractivity contribution is -0.121. The van der Waals surface area contributed by atoms with Crippen molar-refractivity contribution in [2.75, 3.05) is 27.2 Å². The van der Waals surface area contributed by atoms with Crippen molar-refractivity contribution in [3.05, 3.63) is 59.7 Å². The van der Waals surface area contributed by atoms with E-state index < -0.39 is 0 Å². The predicted octanol–water partition coefficient (Wildman–Crippen LogP) is 1.97. The number of phenolic OH excluding ortho intramolecular Hbond substituents is 2. The SMILES string of the molecule is CNCC(C(=O)C(CNC)c1cccc(O)c1)c1cccc(O)c1. The number of rotatable bonds is 8. The van der Waals surface area contributed by atoms with Crippen molar-refractivity contribution in [2.24, 2.45) is 0 Å². The fraction of sp³-hybridized carbons (Fsp3) is 0.316. The number of aromatic hydroxyl groups is 2. The Balaban J connectivity index is 2.37. The van der Waals surface area contributed by atoms with Gasteiger partial charge in [-0.3, -0.25) is 4.79 Å². The van der Waals surface area contributed by atoms with Crippen molar-refractivity contribution >= 4 is 5.78 Å². The predicted molar refractivity (Wildman–Crippen MR) is 94.6 cm³/mol. The number of ketones is 1. The molecule has 0 aliphatic carbocycles. The summed E-state index contributed by atoms with van der Waals surface area (Å²) in [7, 11) is 3.59. The normalized spacial score (nSPS) is 13.4. The molecule has 0 bridgehead atoms. The molecule has 0 fully saturated rings. The van der Waals surface area contributed by atoms with Gasteiger partial charge in [-0.2, -0.15) is 0 Å². The minimum atomic E-state index is -0.386. The van der Waals surface area contributed by atoms with Gasteiger partial charge in [0.15, 0.2) is 0 Å². The topological polar surface area (TPSA) is 81.6 Å². The van der Waals surface area contributed by atoms with Crippen LogP contribution in [-0.4, -0.2) is 43.2 Å². The molecule has 0 heterocycles. The van der Waals surface area contributed by atoms with Gasteiger partial charge in [0.05, 0.1) is 11.8 Å². The molecule has 0 aromatic heterocycles. The Labute approximate surface area is 142 Å². The van der Waals surface area contributed by atoms with Crippen molar-refractivity contribution < 1.29 is 15.0 Å². The third-order valence-electron chi connectivity index (χ3n) is 4.05. The first-order valence-corrected chi connectivity index (χ1v) is 7.97. The Kier molecular flexibility index (Phi) is 6.35. The van der Waals surface area contributed by atoms with Crippen molar-refractivity contribution in [1.29, 1.82) is 0 Å². The summed E-state index contributed by atoms with van der Waals surface area (Å²) in [5, 5.41) is 25.6. The van der Waals surface area contributed by atoms with Crippen LogP contribution in [0.4, 0.5) is 0 Å². The van der Waals surface area contributed by atoms with Crippen LogP contribution in [0.3, 0.4) is 0 Å². The smallest absolute Gasteiger partial charge is 0.150 e. The molecule has 2 unspecified atom stereocenters. The summed E-state index contributed by atoms with van der Waals surface area (Å²) >= 11 is 0. The molecule has 0 radical (unpaired) electrons. The molecule has 5 heteroatoms.